The number of hydrogen-bond donors (Lipinski definition) is 0. The zero-order valence-corrected chi connectivity index (χ0v) is 9.10. The van der Waals surface area contributed by atoms with Gasteiger partial charge in [-0.1, -0.05) is 0 Å². The van der Waals surface area contributed by atoms with Crippen molar-refractivity contribution in [2.24, 2.45) is 0 Å². The van der Waals surface area contributed by atoms with Gasteiger partial charge in [-0.15, -0.1) is 0 Å². The van der Waals surface area contributed by atoms with Crippen LogP contribution in [0, 0.1) is 0 Å². The number of ether oxygens (including phenoxy) is 1. The summed E-state index contributed by atoms with van der Waals surface area (Å²) in [5, 5.41) is 0. The van der Waals surface area contributed by atoms with Gasteiger partial charge in [-0.05, 0) is 0 Å². The fourth-order valence-corrected chi connectivity index (χ4v) is 0.496. The molecule has 0 spiro atoms. The monoisotopic (exact) mass is 214 g/mol. The molecule has 0 fully saturated rings. The summed E-state index contributed by atoms with van der Waals surface area (Å²) in [7, 11) is -4.32. The Labute approximate surface area is 90.9 Å². The van der Waals surface area contributed by atoms with Crippen molar-refractivity contribution >= 4 is 16.3 Å². The average molecular weight is 214 g/mol. The molecule has 0 radical (unpaired) electrons. The van der Waals surface area contributed by atoms with Gasteiger partial charge in [0, 0.05) is 0 Å². The molecule has 0 heterocycles. The first-order chi connectivity index (χ1) is 4.90. The van der Waals surface area contributed by atoms with E-state index in [1.807, 2.05) is 0 Å². The molecule has 0 aromatic carbocycles. The third-order valence-corrected chi connectivity index (χ3v) is 1.37. The van der Waals surface area contributed by atoms with Gasteiger partial charge in [0.2, 0.25) is 0 Å². The molecule has 0 amide bonds. The van der Waals surface area contributed by atoms with Crippen molar-refractivity contribution in [3.63, 3.8) is 0 Å². The van der Waals surface area contributed by atoms with Crippen LogP contribution in [0.5, 0.6) is 0 Å². The standard InChI is InChI=1S/C3H4F2O5S.Na.H/c1-9-3(6)10-11(7,8)2(4)5;;/h2H,1H3;;/q;+1;-1. The molecule has 0 aliphatic rings. The molecule has 0 atom stereocenters. The number of hydrogen-bond acceptors (Lipinski definition) is 5. The van der Waals surface area contributed by atoms with Gasteiger partial charge in [-0.2, -0.15) is 17.2 Å². The molecule has 0 aromatic rings. The smallest absolute Gasteiger partial charge is 1.00 e. The van der Waals surface area contributed by atoms with E-state index >= 15 is 0 Å². The van der Waals surface area contributed by atoms with Gasteiger partial charge < -0.3 is 10.3 Å². The summed E-state index contributed by atoms with van der Waals surface area (Å²) in [6, 6.07) is 0. The second-order valence-corrected chi connectivity index (χ2v) is 2.80. The molecule has 0 bridgehead atoms. The first-order valence-electron chi connectivity index (χ1n) is 2.19. The second-order valence-electron chi connectivity index (χ2n) is 1.29. The summed E-state index contributed by atoms with van der Waals surface area (Å²) in [5.41, 5.74) is 0. The van der Waals surface area contributed by atoms with Crippen LogP contribution in [0.4, 0.5) is 13.6 Å². The van der Waals surface area contributed by atoms with Crippen LogP contribution in [0.25, 0.3) is 0 Å². The van der Waals surface area contributed by atoms with Gasteiger partial charge >= 0.3 is 51.6 Å². The molecule has 0 saturated carbocycles. The van der Waals surface area contributed by atoms with E-state index in [9.17, 15) is 22.0 Å². The Balaban J connectivity index is -0.000000500. The normalized spacial score (nSPS) is 10.3. The van der Waals surface area contributed by atoms with Gasteiger partial charge in [0.25, 0.3) is 0 Å². The number of rotatable bonds is 2. The SMILES string of the molecule is COC(=O)OS(=O)(=O)C(F)F.[H-].[Na+]. The topological polar surface area (TPSA) is 69.7 Å². The number of carbonyl (C=O) groups is 1. The maximum atomic E-state index is 11.4. The van der Waals surface area contributed by atoms with Gasteiger partial charge in [0.1, 0.15) is 0 Å². The van der Waals surface area contributed by atoms with Crippen LogP contribution in [-0.2, 0) is 19.0 Å². The number of methoxy groups -OCH3 is 1. The average Bonchev–Trinajstić information content (AvgIpc) is 1.86. The Morgan fingerprint density at radius 3 is 2.17 bits per heavy atom. The molecular weight excluding hydrogens is 209 g/mol. The molecular formula is C3H5F2NaO5S. The number of halogens is 2. The molecule has 5 nitrogen and oxygen atoms in total. The minimum absolute atomic E-state index is 0. The summed E-state index contributed by atoms with van der Waals surface area (Å²) >= 11 is 0. The summed E-state index contributed by atoms with van der Waals surface area (Å²) in [6.45, 7) is 0. The van der Waals surface area contributed by atoms with E-state index in [1.54, 1.807) is 0 Å². The maximum Gasteiger partial charge on any atom is 1.00 e. The Bertz CT molecular complexity index is 242. The van der Waals surface area contributed by atoms with Gasteiger partial charge in [0.05, 0.1) is 7.11 Å². The van der Waals surface area contributed by atoms with E-state index in [0.29, 0.717) is 0 Å². The minimum atomic E-state index is -5.12. The zero-order valence-electron chi connectivity index (χ0n) is 7.28. The molecule has 12 heavy (non-hydrogen) atoms. The van der Waals surface area contributed by atoms with Crippen molar-refractivity contribution in [3.8, 4) is 0 Å². The summed E-state index contributed by atoms with van der Waals surface area (Å²) < 4.78 is 49.7. The van der Waals surface area contributed by atoms with Crippen LogP contribution in [0.15, 0.2) is 0 Å². The van der Waals surface area contributed by atoms with Crippen molar-refractivity contribution in [1.29, 1.82) is 0 Å². The second kappa shape index (κ2) is 5.68. The Hall–Kier alpha value is 0.0800. The largest absolute Gasteiger partial charge is 1.00 e. The van der Waals surface area contributed by atoms with Crippen LogP contribution < -0.4 is 29.6 Å². The van der Waals surface area contributed by atoms with Gasteiger partial charge in [0.15, 0.2) is 0 Å². The predicted octanol–water partition coefficient (Wildman–Crippen LogP) is -2.56. The molecule has 0 saturated heterocycles. The fraction of sp³-hybridized carbons (Fsp3) is 0.667. The molecule has 9 heteroatoms. The van der Waals surface area contributed by atoms with E-state index in [4.69, 9.17) is 0 Å². The third-order valence-electron chi connectivity index (χ3n) is 0.569. The fourth-order valence-electron chi connectivity index (χ4n) is 0.165. The van der Waals surface area contributed by atoms with Crippen LogP contribution in [0.1, 0.15) is 1.43 Å². The van der Waals surface area contributed by atoms with E-state index in [0.717, 1.165) is 7.11 Å². The molecule has 0 aliphatic carbocycles. The first-order valence-corrected chi connectivity index (χ1v) is 3.66. The number of carbonyl (C=O) groups excluding carboxylic acids is 1. The Kier molecular flexibility index (Phi) is 6.91. The molecule has 0 N–H and O–H groups in total. The Morgan fingerprint density at radius 2 is 1.92 bits per heavy atom. The summed E-state index contributed by atoms with van der Waals surface area (Å²) in [4.78, 5) is 9.97. The zero-order chi connectivity index (χ0) is 9.07. The van der Waals surface area contributed by atoms with Crippen molar-refractivity contribution in [3.05, 3.63) is 0 Å². The molecule has 0 unspecified atom stereocenters. The van der Waals surface area contributed by atoms with Crippen LogP contribution >= 0.6 is 0 Å². The van der Waals surface area contributed by atoms with Crippen molar-refractivity contribution < 1.29 is 61.9 Å². The van der Waals surface area contributed by atoms with E-state index in [-0.39, 0.29) is 31.0 Å². The van der Waals surface area contributed by atoms with E-state index in [1.165, 1.54) is 0 Å². The molecule has 0 rings (SSSR count). The van der Waals surface area contributed by atoms with Crippen LogP contribution in [0.2, 0.25) is 0 Å². The van der Waals surface area contributed by atoms with Crippen molar-refractivity contribution in [2.45, 2.75) is 5.76 Å². The van der Waals surface area contributed by atoms with E-state index < -0.39 is 22.0 Å². The van der Waals surface area contributed by atoms with Crippen molar-refractivity contribution in [1.82, 2.24) is 0 Å². The van der Waals surface area contributed by atoms with E-state index in [2.05, 4.69) is 8.92 Å². The number of alkyl halides is 2. The van der Waals surface area contributed by atoms with Crippen molar-refractivity contribution in [2.75, 3.05) is 7.11 Å². The van der Waals surface area contributed by atoms with Gasteiger partial charge in [-0.3, -0.25) is 0 Å². The maximum absolute atomic E-state index is 11.4. The Morgan fingerprint density at radius 1 is 1.50 bits per heavy atom. The summed E-state index contributed by atoms with van der Waals surface area (Å²) in [5.74, 6) is -3.75. The first kappa shape index (κ1) is 14.6. The molecule has 68 valence electrons. The summed E-state index contributed by atoms with van der Waals surface area (Å²) in [6.07, 6.45) is -1.69. The quantitative estimate of drug-likeness (QED) is 0.287. The molecule has 0 aliphatic heterocycles. The third kappa shape index (κ3) is 4.86. The van der Waals surface area contributed by atoms with Crippen LogP contribution in [0.3, 0.4) is 0 Å². The van der Waals surface area contributed by atoms with Crippen LogP contribution in [-0.4, -0.2) is 27.4 Å². The van der Waals surface area contributed by atoms with Gasteiger partial charge in [-0.25, -0.2) is 4.79 Å². The predicted molar refractivity (Wildman–Crippen MR) is 29.5 cm³/mol. The molecule has 0 aromatic heterocycles. The minimum Gasteiger partial charge on any atom is -1.00 e.